The summed E-state index contributed by atoms with van der Waals surface area (Å²) in [6.45, 7) is 5.62. The van der Waals surface area contributed by atoms with Gasteiger partial charge in [0.15, 0.2) is 0 Å². The van der Waals surface area contributed by atoms with E-state index < -0.39 is 6.03 Å². The van der Waals surface area contributed by atoms with Crippen LogP contribution in [0.3, 0.4) is 0 Å². The fourth-order valence-electron chi connectivity index (χ4n) is 3.14. The van der Waals surface area contributed by atoms with Gasteiger partial charge in [0, 0.05) is 41.0 Å². The molecule has 3 rings (SSSR count). The van der Waals surface area contributed by atoms with Gasteiger partial charge in [0.1, 0.15) is 0 Å². The molecule has 0 aliphatic carbocycles. The summed E-state index contributed by atoms with van der Waals surface area (Å²) in [4.78, 5) is 60.8. The minimum absolute atomic E-state index is 0.00129. The van der Waals surface area contributed by atoms with Gasteiger partial charge >= 0.3 is 6.03 Å². The number of amides is 6. The van der Waals surface area contributed by atoms with E-state index in [1.807, 2.05) is 20.8 Å². The number of imide groups is 1. The molecule has 6 amide bonds. The summed E-state index contributed by atoms with van der Waals surface area (Å²) in [6, 6.07) is 12.4. The van der Waals surface area contributed by atoms with Crippen molar-refractivity contribution in [1.29, 1.82) is 0 Å². The number of carbonyl (C=O) groups excluding carboxylic acids is 5. The van der Waals surface area contributed by atoms with Gasteiger partial charge in [-0.2, -0.15) is 0 Å². The molecule has 34 heavy (non-hydrogen) atoms. The average Bonchev–Trinajstić information content (AvgIpc) is 3.09. The van der Waals surface area contributed by atoms with Gasteiger partial charge in [-0.15, -0.1) is 0 Å². The smallest absolute Gasteiger partial charge is 0.324 e. The molecule has 10 nitrogen and oxygen atoms in total. The molecular formula is C24H27N5O5. The van der Waals surface area contributed by atoms with Crippen molar-refractivity contribution in [3.8, 4) is 0 Å². The maximum Gasteiger partial charge on any atom is 0.324 e. The van der Waals surface area contributed by atoms with E-state index in [1.165, 1.54) is 0 Å². The molecule has 1 aliphatic heterocycles. The summed E-state index contributed by atoms with van der Waals surface area (Å²) < 4.78 is 0. The van der Waals surface area contributed by atoms with Gasteiger partial charge in [0.2, 0.25) is 11.8 Å². The van der Waals surface area contributed by atoms with Crippen molar-refractivity contribution in [3.05, 3.63) is 59.7 Å². The van der Waals surface area contributed by atoms with Crippen molar-refractivity contribution < 1.29 is 24.0 Å². The Morgan fingerprint density at radius 3 is 1.88 bits per heavy atom. The Balaban J connectivity index is 1.50. The number of nitrogens with one attached hydrogen (secondary N) is 4. The molecule has 0 bridgehead atoms. The van der Waals surface area contributed by atoms with Crippen LogP contribution >= 0.6 is 0 Å². The Morgan fingerprint density at radius 1 is 0.853 bits per heavy atom. The summed E-state index contributed by atoms with van der Waals surface area (Å²) in [7, 11) is 0. The highest BCUT2D eigenvalue weighted by Crippen LogP contribution is 2.16. The van der Waals surface area contributed by atoms with Gasteiger partial charge in [-0.25, -0.2) is 4.79 Å². The highest BCUT2D eigenvalue weighted by molar-refractivity contribution is 6.05. The molecule has 1 heterocycles. The predicted molar refractivity (Wildman–Crippen MR) is 126 cm³/mol. The van der Waals surface area contributed by atoms with Gasteiger partial charge in [-0.3, -0.25) is 24.1 Å². The molecule has 0 spiro atoms. The monoisotopic (exact) mass is 465 g/mol. The lowest BCUT2D eigenvalue weighted by Gasteiger charge is -2.20. The first kappa shape index (κ1) is 24.4. The Kier molecular flexibility index (Phi) is 7.30. The van der Waals surface area contributed by atoms with E-state index in [-0.39, 0.29) is 48.7 Å². The summed E-state index contributed by atoms with van der Waals surface area (Å²) >= 11 is 0. The molecule has 2 aromatic carbocycles. The zero-order chi connectivity index (χ0) is 24.9. The van der Waals surface area contributed by atoms with Crippen LogP contribution in [0.25, 0.3) is 0 Å². The average molecular weight is 466 g/mol. The third-order valence-corrected chi connectivity index (χ3v) is 4.82. The van der Waals surface area contributed by atoms with Gasteiger partial charge in [0.05, 0.1) is 6.54 Å². The van der Waals surface area contributed by atoms with Crippen LogP contribution in [-0.2, 0) is 9.59 Å². The van der Waals surface area contributed by atoms with Crippen LogP contribution in [0.5, 0.6) is 0 Å². The zero-order valence-corrected chi connectivity index (χ0v) is 19.2. The number of benzene rings is 2. The molecule has 4 N–H and O–H groups in total. The Morgan fingerprint density at radius 2 is 1.38 bits per heavy atom. The predicted octanol–water partition coefficient (Wildman–Crippen LogP) is 2.35. The maximum absolute atomic E-state index is 12.5. The fraction of sp³-hybridized carbons (Fsp3) is 0.292. The number of carbonyl (C=O) groups is 5. The van der Waals surface area contributed by atoms with Crippen LogP contribution < -0.4 is 21.3 Å². The van der Waals surface area contributed by atoms with Crippen molar-refractivity contribution in [2.75, 3.05) is 23.7 Å². The van der Waals surface area contributed by atoms with Crippen LogP contribution in [-0.4, -0.2) is 53.2 Å². The Hall–Kier alpha value is -4.21. The quantitative estimate of drug-likeness (QED) is 0.465. The van der Waals surface area contributed by atoms with Crippen molar-refractivity contribution in [1.82, 2.24) is 15.5 Å². The minimum atomic E-state index is -0.499. The lowest BCUT2D eigenvalue weighted by molar-refractivity contribution is -0.125. The molecule has 1 saturated heterocycles. The number of hydrogen-bond acceptors (Lipinski definition) is 5. The number of urea groups is 1. The summed E-state index contributed by atoms with van der Waals surface area (Å²) in [5.41, 5.74) is 1.53. The topological polar surface area (TPSA) is 137 Å². The van der Waals surface area contributed by atoms with E-state index >= 15 is 0 Å². The number of nitrogens with zero attached hydrogens (tertiary/aromatic N) is 1. The summed E-state index contributed by atoms with van der Waals surface area (Å²) in [6.07, 6.45) is -0.0264. The molecule has 1 aliphatic rings. The van der Waals surface area contributed by atoms with Crippen LogP contribution in [0.15, 0.2) is 48.5 Å². The first-order valence-corrected chi connectivity index (χ1v) is 10.7. The molecule has 2 aromatic rings. The molecule has 0 aromatic heterocycles. The third kappa shape index (κ3) is 6.64. The lowest BCUT2D eigenvalue weighted by Crippen LogP contribution is -2.40. The molecule has 178 valence electrons. The van der Waals surface area contributed by atoms with E-state index in [0.717, 1.165) is 4.90 Å². The standard InChI is InChI=1S/C24H27N5O5/c1-24(2,3)28-22(33)16-6-4-15(5-7-16)21(32)27-18-10-8-17(9-11-18)26-19(30)12-13-29-20(31)14-25-23(29)34/h4-11H,12-14H2,1-3H3,(H,25,34)(H,26,30)(H,27,32)(H,28,33). The van der Waals surface area contributed by atoms with Gasteiger partial charge in [0.25, 0.3) is 11.8 Å². The Bertz CT molecular complexity index is 1090. The lowest BCUT2D eigenvalue weighted by atomic mass is 10.1. The van der Waals surface area contributed by atoms with E-state index in [9.17, 15) is 24.0 Å². The number of anilines is 2. The van der Waals surface area contributed by atoms with Crippen molar-refractivity contribution >= 4 is 41.0 Å². The largest absolute Gasteiger partial charge is 0.347 e. The highest BCUT2D eigenvalue weighted by atomic mass is 16.2. The SMILES string of the molecule is CC(C)(C)NC(=O)c1ccc(C(=O)Nc2ccc(NC(=O)CCN3C(=O)CNC3=O)cc2)cc1. The zero-order valence-electron chi connectivity index (χ0n) is 19.2. The molecule has 0 unspecified atom stereocenters. The van der Waals surface area contributed by atoms with Crippen molar-refractivity contribution in [2.24, 2.45) is 0 Å². The highest BCUT2D eigenvalue weighted by Gasteiger charge is 2.28. The molecule has 10 heteroatoms. The Labute approximate surface area is 197 Å². The van der Waals surface area contributed by atoms with Gasteiger partial charge in [-0.05, 0) is 69.3 Å². The summed E-state index contributed by atoms with van der Waals surface area (Å²) in [5.74, 6) is -1.26. The molecule has 0 radical (unpaired) electrons. The first-order valence-electron chi connectivity index (χ1n) is 10.7. The molecule has 0 atom stereocenters. The van der Waals surface area contributed by atoms with Crippen molar-refractivity contribution in [3.63, 3.8) is 0 Å². The van der Waals surface area contributed by atoms with Gasteiger partial charge < -0.3 is 21.3 Å². The van der Waals surface area contributed by atoms with E-state index in [2.05, 4.69) is 21.3 Å². The second kappa shape index (κ2) is 10.2. The molecule has 1 fully saturated rings. The first-order chi connectivity index (χ1) is 16.0. The number of hydrogen-bond donors (Lipinski definition) is 4. The van der Waals surface area contributed by atoms with Gasteiger partial charge in [-0.1, -0.05) is 0 Å². The van der Waals surface area contributed by atoms with E-state index in [4.69, 9.17) is 0 Å². The van der Waals surface area contributed by atoms with Crippen LogP contribution in [0.1, 0.15) is 47.9 Å². The fourth-order valence-corrected chi connectivity index (χ4v) is 3.14. The third-order valence-electron chi connectivity index (χ3n) is 4.82. The normalized spacial score (nSPS) is 13.3. The van der Waals surface area contributed by atoms with Crippen molar-refractivity contribution in [2.45, 2.75) is 32.7 Å². The molecular weight excluding hydrogens is 438 g/mol. The maximum atomic E-state index is 12.5. The van der Waals surface area contributed by atoms with Crippen LogP contribution in [0.4, 0.5) is 16.2 Å². The van der Waals surface area contributed by atoms with E-state index in [1.54, 1.807) is 48.5 Å². The summed E-state index contributed by atoms with van der Waals surface area (Å²) in [5, 5.41) is 10.7. The minimum Gasteiger partial charge on any atom is -0.347 e. The molecule has 0 saturated carbocycles. The van der Waals surface area contributed by atoms with E-state index in [0.29, 0.717) is 22.5 Å². The van der Waals surface area contributed by atoms with Crippen LogP contribution in [0, 0.1) is 0 Å². The number of rotatable bonds is 7. The van der Waals surface area contributed by atoms with Crippen LogP contribution in [0.2, 0.25) is 0 Å². The second-order valence-electron chi connectivity index (χ2n) is 8.82. The second-order valence-corrected chi connectivity index (χ2v) is 8.82.